The SMILES string of the molecule is CC(C)OP(=O)([O-])c1c[n+](C)nc2ccccc12. The van der Waals surface area contributed by atoms with Crippen LogP contribution < -0.4 is 14.9 Å². The molecule has 18 heavy (non-hydrogen) atoms. The summed E-state index contributed by atoms with van der Waals surface area (Å²) in [7, 11) is -2.40. The first-order chi connectivity index (χ1) is 8.40. The van der Waals surface area contributed by atoms with E-state index in [0.717, 1.165) is 0 Å². The Balaban J connectivity index is 2.66. The average Bonchev–Trinajstić information content (AvgIpc) is 2.26. The lowest BCUT2D eigenvalue weighted by molar-refractivity contribution is -0.727. The van der Waals surface area contributed by atoms with Crippen LogP contribution in [-0.2, 0) is 16.1 Å². The van der Waals surface area contributed by atoms with Gasteiger partial charge in [0.05, 0.1) is 11.4 Å². The van der Waals surface area contributed by atoms with Crippen molar-refractivity contribution in [2.45, 2.75) is 20.0 Å². The first-order valence-corrected chi connectivity index (χ1v) is 7.20. The number of hydrogen-bond donors (Lipinski definition) is 0. The molecule has 0 saturated carbocycles. The van der Waals surface area contributed by atoms with Crippen LogP contribution in [0.1, 0.15) is 13.8 Å². The summed E-state index contributed by atoms with van der Waals surface area (Å²) in [6, 6.07) is 7.10. The molecule has 0 aliphatic carbocycles. The number of benzene rings is 1. The van der Waals surface area contributed by atoms with E-state index < -0.39 is 7.60 Å². The fourth-order valence-electron chi connectivity index (χ4n) is 1.78. The quantitative estimate of drug-likeness (QED) is 0.604. The molecule has 0 N–H and O–H groups in total. The summed E-state index contributed by atoms with van der Waals surface area (Å²) in [5.41, 5.74) is 0.626. The molecule has 0 radical (unpaired) electrons. The predicted molar refractivity (Wildman–Crippen MR) is 66.4 cm³/mol. The second-order valence-corrected chi connectivity index (χ2v) is 6.04. The molecule has 6 heteroatoms. The van der Waals surface area contributed by atoms with Gasteiger partial charge in [-0.2, -0.15) is 0 Å². The standard InChI is InChI=1S/C12H15N2O3P/c1-9(2)17-18(15,16)12-8-14(3)13-11-7-5-4-6-10(11)12/h4-9H,1-3H3. The van der Waals surface area contributed by atoms with Gasteiger partial charge >= 0.3 is 0 Å². The van der Waals surface area contributed by atoms with Gasteiger partial charge in [0.15, 0.2) is 14.6 Å². The van der Waals surface area contributed by atoms with Crippen molar-refractivity contribution in [1.82, 2.24) is 5.10 Å². The van der Waals surface area contributed by atoms with E-state index in [9.17, 15) is 9.46 Å². The summed E-state index contributed by atoms with van der Waals surface area (Å²) < 4.78 is 18.7. The van der Waals surface area contributed by atoms with Gasteiger partial charge < -0.3 is 14.0 Å². The highest BCUT2D eigenvalue weighted by Crippen LogP contribution is 2.38. The van der Waals surface area contributed by atoms with Crippen LogP contribution in [0, 0.1) is 0 Å². The van der Waals surface area contributed by atoms with Gasteiger partial charge in [-0.25, -0.2) is 0 Å². The van der Waals surface area contributed by atoms with E-state index in [2.05, 4.69) is 5.10 Å². The summed E-state index contributed by atoms with van der Waals surface area (Å²) in [6.07, 6.45) is 1.09. The van der Waals surface area contributed by atoms with E-state index in [1.807, 2.05) is 6.07 Å². The zero-order valence-corrected chi connectivity index (χ0v) is 11.4. The third-order valence-electron chi connectivity index (χ3n) is 2.40. The number of nitrogens with zero attached hydrogens (tertiary/aromatic N) is 2. The molecule has 1 unspecified atom stereocenters. The minimum absolute atomic E-state index is 0.171. The molecule has 2 rings (SSSR count). The van der Waals surface area contributed by atoms with Crippen LogP contribution in [0.15, 0.2) is 30.5 Å². The lowest BCUT2D eigenvalue weighted by Gasteiger charge is -2.25. The molecular weight excluding hydrogens is 251 g/mol. The molecule has 2 aromatic rings. The van der Waals surface area contributed by atoms with Gasteiger partial charge in [-0.1, -0.05) is 22.9 Å². The molecule has 0 aliphatic heterocycles. The van der Waals surface area contributed by atoms with Crippen molar-refractivity contribution in [2.75, 3.05) is 0 Å². The summed E-state index contributed by atoms with van der Waals surface area (Å²) >= 11 is 0. The Morgan fingerprint density at radius 2 is 2.06 bits per heavy atom. The smallest absolute Gasteiger partial charge is 0.208 e. The maximum atomic E-state index is 12.2. The van der Waals surface area contributed by atoms with E-state index in [4.69, 9.17) is 4.52 Å². The molecule has 96 valence electrons. The van der Waals surface area contributed by atoms with Gasteiger partial charge in [0, 0.05) is 5.39 Å². The van der Waals surface area contributed by atoms with Crippen molar-refractivity contribution in [1.29, 1.82) is 0 Å². The normalized spacial score (nSPS) is 14.9. The number of rotatable bonds is 3. The van der Waals surface area contributed by atoms with Crippen molar-refractivity contribution in [2.24, 2.45) is 7.05 Å². The highest BCUT2D eigenvalue weighted by Gasteiger charge is 2.21. The second-order valence-electron chi connectivity index (χ2n) is 4.36. The van der Waals surface area contributed by atoms with E-state index in [1.165, 1.54) is 10.9 Å². The van der Waals surface area contributed by atoms with Crippen molar-refractivity contribution >= 4 is 23.8 Å². The predicted octanol–water partition coefficient (Wildman–Crippen LogP) is 0.663. The Bertz CT molecular complexity index is 628. The molecule has 1 aromatic heterocycles. The van der Waals surface area contributed by atoms with E-state index in [-0.39, 0.29) is 11.4 Å². The number of aromatic nitrogens is 2. The van der Waals surface area contributed by atoms with Gasteiger partial charge in [0.1, 0.15) is 5.52 Å². The fourth-order valence-corrected chi connectivity index (χ4v) is 3.24. The van der Waals surface area contributed by atoms with Gasteiger partial charge in [-0.05, 0) is 25.0 Å². The van der Waals surface area contributed by atoms with Crippen molar-refractivity contribution in [3.63, 3.8) is 0 Å². The number of fused-ring (bicyclic) bond motifs is 1. The minimum atomic E-state index is -4.08. The molecule has 5 nitrogen and oxygen atoms in total. The Hall–Kier alpha value is -1.29. The molecule has 0 bridgehead atoms. The molecule has 1 heterocycles. The van der Waals surface area contributed by atoms with Crippen LogP contribution in [0.2, 0.25) is 0 Å². The molecule has 0 saturated heterocycles. The first-order valence-electron chi connectivity index (χ1n) is 5.66. The monoisotopic (exact) mass is 266 g/mol. The number of aryl methyl sites for hydroxylation is 1. The zero-order chi connectivity index (χ0) is 13.3. The Kier molecular flexibility index (Phi) is 3.48. The van der Waals surface area contributed by atoms with E-state index in [0.29, 0.717) is 10.9 Å². The lowest BCUT2D eigenvalue weighted by Crippen LogP contribution is -2.38. The Morgan fingerprint density at radius 3 is 2.72 bits per heavy atom. The van der Waals surface area contributed by atoms with Crippen LogP contribution >= 0.6 is 7.60 Å². The van der Waals surface area contributed by atoms with Gasteiger partial charge in [-0.15, -0.1) is 0 Å². The van der Waals surface area contributed by atoms with Gasteiger partial charge in [-0.3, -0.25) is 0 Å². The Labute approximate surface area is 106 Å². The topological polar surface area (TPSA) is 66.1 Å². The minimum Gasteiger partial charge on any atom is -0.775 e. The largest absolute Gasteiger partial charge is 0.775 e. The van der Waals surface area contributed by atoms with E-state index >= 15 is 0 Å². The summed E-state index contributed by atoms with van der Waals surface area (Å²) in [5.74, 6) is 0. The average molecular weight is 266 g/mol. The third kappa shape index (κ3) is 2.58. The maximum absolute atomic E-state index is 12.2. The van der Waals surface area contributed by atoms with Crippen LogP contribution in [0.3, 0.4) is 0 Å². The van der Waals surface area contributed by atoms with Gasteiger partial charge in [0.2, 0.25) is 6.20 Å². The molecule has 1 atom stereocenters. The third-order valence-corrected chi connectivity index (χ3v) is 4.04. The summed E-state index contributed by atoms with van der Waals surface area (Å²) in [6.45, 7) is 3.38. The fraction of sp³-hybridized carbons (Fsp3) is 0.333. The summed E-state index contributed by atoms with van der Waals surface area (Å²) in [5, 5.41) is 4.98. The van der Waals surface area contributed by atoms with Crippen LogP contribution in [0.25, 0.3) is 10.9 Å². The lowest BCUT2D eigenvalue weighted by atomic mass is 10.2. The molecule has 0 spiro atoms. The Morgan fingerprint density at radius 1 is 1.39 bits per heavy atom. The van der Waals surface area contributed by atoms with Crippen molar-refractivity contribution in [3.05, 3.63) is 30.5 Å². The van der Waals surface area contributed by atoms with Gasteiger partial charge in [0.25, 0.3) is 0 Å². The van der Waals surface area contributed by atoms with Crippen molar-refractivity contribution < 1.29 is 18.7 Å². The van der Waals surface area contributed by atoms with Crippen molar-refractivity contribution in [3.8, 4) is 0 Å². The highest BCUT2D eigenvalue weighted by atomic mass is 31.2. The molecule has 0 fully saturated rings. The van der Waals surface area contributed by atoms with Crippen LogP contribution in [0.4, 0.5) is 0 Å². The zero-order valence-electron chi connectivity index (χ0n) is 10.5. The van der Waals surface area contributed by atoms with E-state index in [1.54, 1.807) is 39.1 Å². The molecule has 0 amide bonds. The van der Waals surface area contributed by atoms with Crippen LogP contribution in [0.5, 0.6) is 0 Å². The molecule has 1 aromatic carbocycles. The maximum Gasteiger partial charge on any atom is 0.208 e. The van der Waals surface area contributed by atoms with Crippen LogP contribution in [-0.4, -0.2) is 11.2 Å². The second kappa shape index (κ2) is 4.76. The first kappa shape index (κ1) is 13.1. The number of hydrogen-bond acceptors (Lipinski definition) is 4. The molecule has 0 aliphatic rings. The molecular formula is C12H15N2O3P. The highest BCUT2D eigenvalue weighted by molar-refractivity contribution is 7.60. The summed E-state index contributed by atoms with van der Waals surface area (Å²) in [4.78, 5) is 12.2.